The third-order valence-electron chi connectivity index (χ3n) is 5.78. The standard InChI is InChI=1S/C21H20N6O5S/c1-25(12-4-8-14(9-5-12)27(31)32)15(28)10-33-20-16-18(22-17(23-20)11-2-3-11)26(13-6-7-13)21(30)24-19(16)29/h4-5,8-9,11,13H,2-3,6-7,10H2,1H3,(H,24,29,30). The van der Waals surface area contributed by atoms with Gasteiger partial charge in [0.25, 0.3) is 11.2 Å². The van der Waals surface area contributed by atoms with Gasteiger partial charge in [0, 0.05) is 36.8 Å². The minimum atomic E-state index is -0.562. The van der Waals surface area contributed by atoms with Gasteiger partial charge >= 0.3 is 5.69 Å². The number of benzene rings is 1. The van der Waals surface area contributed by atoms with Crippen molar-refractivity contribution in [3.05, 3.63) is 61.0 Å². The van der Waals surface area contributed by atoms with Crippen molar-refractivity contribution in [2.45, 2.75) is 42.7 Å². The van der Waals surface area contributed by atoms with Crippen LogP contribution in [0.15, 0.2) is 38.9 Å². The largest absolute Gasteiger partial charge is 0.330 e. The maximum absolute atomic E-state index is 12.8. The zero-order chi connectivity index (χ0) is 23.3. The highest BCUT2D eigenvalue weighted by molar-refractivity contribution is 8.00. The van der Waals surface area contributed by atoms with Crippen LogP contribution < -0.4 is 16.1 Å². The summed E-state index contributed by atoms with van der Waals surface area (Å²) in [4.78, 5) is 61.2. The number of anilines is 1. The Balaban J connectivity index is 1.45. The smallest absolute Gasteiger partial charge is 0.315 e. The van der Waals surface area contributed by atoms with Crippen LogP contribution in [0, 0.1) is 10.1 Å². The van der Waals surface area contributed by atoms with E-state index in [-0.39, 0.29) is 34.7 Å². The predicted molar refractivity (Wildman–Crippen MR) is 122 cm³/mol. The number of non-ortho nitro benzene ring substituents is 1. The first-order valence-corrected chi connectivity index (χ1v) is 11.5. The Morgan fingerprint density at radius 3 is 2.52 bits per heavy atom. The number of nitrogens with zero attached hydrogens (tertiary/aromatic N) is 5. The van der Waals surface area contributed by atoms with Crippen molar-refractivity contribution in [3.8, 4) is 0 Å². The van der Waals surface area contributed by atoms with E-state index in [1.807, 2.05) is 0 Å². The molecule has 5 rings (SSSR count). The molecule has 1 N–H and O–H groups in total. The van der Waals surface area contributed by atoms with Crippen molar-refractivity contribution in [3.63, 3.8) is 0 Å². The Morgan fingerprint density at radius 2 is 1.91 bits per heavy atom. The lowest BCUT2D eigenvalue weighted by molar-refractivity contribution is -0.384. The van der Waals surface area contributed by atoms with Crippen LogP contribution in [0.25, 0.3) is 11.0 Å². The molecular weight excluding hydrogens is 448 g/mol. The average Bonchev–Trinajstić information content (AvgIpc) is 3.69. The summed E-state index contributed by atoms with van der Waals surface area (Å²) in [6.07, 6.45) is 3.61. The van der Waals surface area contributed by atoms with Crippen LogP contribution in [0.5, 0.6) is 0 Å². The minimum Gasteiger partial charge on any atom is -0.315 e. The fraction of sp³-hybridized carbons (Fsp3) is 0.381. The fourth-order valence-electron chi connectivity index (χ4n) is 3.60. The van der Waals surface area contributed by atoms with Crippen molar-refractivity contribution in [2.24, 2.45) is 0 Å². The van der Waals surface area contributed by atoms with Crippen LogP contribution in [0.3, 0.4) is 0 Å². The van der Waals surface area contributed by atoms with Gasteiger partial charge in [-0.15, -0.1) is 0 Å². The molecule has 2 saturated carbocycles. The van der Waals surface area contributed by atoms with Gasteiger partial charge in [-0.05, 0) is 37.8 Å². The maximum atomic E-state index is 12.8. The third kappa shape index (κ3) is 4.13. The van der Waals surface area contributed by atoms with Crippen molar-refractivity contribution in [1.82, 2.24) is 19.5 Å². The predicted octanol–water partition coefficient (Wildman–Crippen LogP) is 2.36. The van der Waals surface area contributed by atoms with E-state index in [0.717, 1.165) is 37.4 Å². The van der Waals surface area contributed by atoms with Gasteiger partial charge in [-0.1, -0.05) is 11.8 Å². The van der Waals surface area contributed by atoms with E-state index in [4.69, 9.17) is 0 Å². The number of carbonyl (C=O) groups excluding carboxylic acids is 1. The topological polar surface area (TPSA) is 144 Å². The summed E-state index contributed by atoms with van der Waals surface area (Å²) in [6.45, 7) is 0. The summed E-state index contributed by atoms with van der Waals surface area (Å²) in [6, 6.07) is 5.70. The van der Waals surface area contributed by atoms with Crippen LogP contribution in [0.1, 0.15) is 43.5 Å². The second-order valence-corrected chi connectivity index (χ2v) is 9.20. The molecule has 2 heterocycles. The zero-order valence-corrected chi connectivity index (χ0v) is 18.5. The number of nitrogens with one attached hydrogen (secondary N) is 1. The fourth-order valence-corrected chi connectivity index (χ4v) is 4.54. The summed E-state index contributed by atoms with van der Waals surface area (Å²) in [7, 11) is 1.58. The molecule has 0 bridgehead atoms. The number of nitro benzene ring substituents is 1. The number of aromatic amines is 1. The second kappa shape index (κ2) is 8.10. The third-order valence-corrected chi connectivity index (χ3v) is 6.74. The SMILES string of the molecule is CN(C(=O)CSc1nc(C2CC2)nc2c1c(=O)[nH]c(=O)n2C1CC1)c1ccc([N+](=O)[O-])cc1. The highest BCUT2D eigenvalue weighted by atomic mass is 32.2. The average molecular weight is 468 g/mol. The molecule has 2 aliphatic carbocycles. The molecule has 0 saturated heterocycles. The van der Waals surface area contributed by atoms with Crippen LogP contribution in [0.2, 0.25) is 0 Å². The normalized spacial score (nSPS) is 15.5. The van der Waals surface area contributed by atoms with E-state index in [2.05, 4.69) is 15.0 Å². The number of carbonyl (C=O) groups is 1. The Kier molecular flexibility index (Phi) is 5.23. The van der Waals surface area contributed by atoms with Crippen LogP contribution in [-0.2, 0) is 4.79 Å². The number of hydrogen-bond acceptors (Lipinski definition) is 8. The first kappa shape index (κ1) is 21.3. The van der Waals surface area contributed by atoms with Gasteiger partial charge in [0.15, 0.2) is 5.65 Å². The van der Waals surface area contributed by atoms with Crippen LogP contribution >= 0.6 is 11.8 Å². The van der Waals surface area contributed by atoms with Gasteiger partial charge in [-0.2, -0.15) is 0 Å². The first-order chi connectivity index (χ1) is 15.8. The van der Waals surface area contributed by atoms with Gasteiger partial charge in [-0.3, -0.25) is 29.3 Å². The molecule has 2 aromatic heterocycles. The molecule has 2 aliphatic rings. The first-order valence-electron chi connectivity index (χ1n) is 10.5. The Morgan fingerprint density at radius 1 is 1.21 bits per heavy atom. The van der Waals surface area contributed by atoms with Crippen molar-refractivity contribution < 1.29 is 9.72 Å². The lowest BCUT2D eigenvalue weighted by atomic mass is 10.2. The maximum Gasteiger partial charge on any atom is 0.330 e. The number of aromatic nitrogens is 4. The van der Waals surface area contributed by atoms with E-state index in [1.54, 1.807) is 11.6 Å². The summed E-state index contributed by atoms with van der Waals surface area (Å²) in [5.41, 5.74) is -0.247. The Hall–Kier alpha value is -3.54. The molecule has 170 valence electrons. The molecule has 12 heteroatoms. The monoisotopic (exact) mass is 468 g/mol. The van der Waals surface area contributed by atoms with Gasteiger partial charge in [0.2, 0.25) is 5.91 Å². The molecular formula is C21H20N6O5S. The molecule has 0 radical (unpaired) electrons. The molecule has 11 nitrogen and oxygen atoms in total. The zero-order valence-electron chi connectivity index (χ0n) is 17.7. The molecule has 0 aliphatic heterocycles. The van der Waals surface area contributed by atoms with E-state index < -0.39 is 16.2 Å². The molecule has 3 aromatic rings. The number of thioether (sulfide) groups is 1. The summed E-state index contributed by atoms with van der Waals surface area (Å²) < 4.78 is 1.54. The number of amides is 1. The second-order valence-electron chi connectivity index (χ2n) is 8.24. The summed E-state index contributed by atoms with van der Waals surface area (Å²) >= 11 is 1.12. The van der Waals surface area contributed by atoms with E-state index in [9.17, 15) is 24.5 Å². The van der Waals surface area contributed by atoms with Gasteiger partial charge < -0.3 is 4.90 Å². The summed E-state index contributed by atoms with van der Waals surface area (Å²) in [5, 5.41) is 11.4. The van der Waals surface area contributed by atoms with Gasteiger partial charge in [0.05, 0.1) is 10.7 Å². The highest BCUT2D eigenvalue weighted by Crippen LogP contribution is 2.40. The molecule has 0 unspecified atom stereocenters. The van der Waals surface area contributed by atoms with E-state index in [1.165, 1.54) is 29.2 Å². The van der Waals surface area contributed by atoms with Crippen LogP contribution in [0.4, 0.5) is 11.4 Å². The summed E-state index contributed by atoms with van der Waals surface area (Å²) in [5.74, 6) is 0.529. The lowest BCUT2D eigenvalue weighted by Crippen LogP contribution is -2.31. The number of nitro groups is 1. The number of hydrogen-bond donors (Lipinski definition) is 1. The number of rotatable bonds is 7. The Labute approximate surface area is 191 Å². The van der Waals surface area contributed by atoms with Gasteiger partial charge in [-0.25, -0.2) is 14.8 Å². The number of H-pyrrole nitrogens is 1. The minimum absolute atomic E-state index is 0.00823. The van der Waals surface area contributed by atoms with Crippen molar-refractivity contribution in [1.29, 1.82) is 0 Å². The van der Waals surface area contributed by atoms with Crippen LogP contribution in [-0.4, -0.2) is 43.2 Å². The molecule has 2 fully saturated rings. The molecule has 0 spiro atoms. The van der Waals surface area contributed by atoms with E-state index >= 15 is 0 Å². The van der Waals surface area contributed by atoms with E-state index in [0.29, 0.717) is 22.2 Å². The molecule has 1 amide bonds. The number of fused-ring (bicyclic) bond motifs is 1. The molecule has 33 heavy (non-hydrogen) atoms. The van der Waals surface area contributed by atoms with Crippen molar-refractivity contribution in [2.75, 3.05) is 17.7 Å². The lowest BCUT2D eigenvalue weighted by Gasteiger charge is -2.17. The Bertz CT molecular complexity index is 1390. The molecule has 1 aromatic carbocycles. The van der Waals surface area contributed by atoms with Gasteiger partial charge in [0.1, 0.15) is 16.2 Å². The highest BCUT2D eigenvalue weighted by Gasteiger charge is 2.32. The quantitative estimate of drug-likeness (QED) is 0.241. The molecule has 0 atom stereocenters. The van der Waals surface area contributed by atoms with Crippen molar-refractivity contribution >= 4 is 40.1 Å².